The molecule has 0 aliphatic heterocycles. The zero-order valence-electron chi connectivity index (χ0n) is 25.4. The van der Waals surface area contributed by atoms with Crippen molar-refractivity contribution in [2.24, 2.45) is 0 Å². The molecule has 7 aromatic carbocycles. The molecular weight excluding hydrogens is 542 g/mol. The summed E-state index contributed by atoms with van der Waals surface area (Å²) < 4.78 is 0. The van der Waals surface area contributed by atoms with E-state index in [9.17, 15) is 0 Å². The van der Waals surface area contributed by atoms with Gasteiger partial charge in [-0.1, -0.05) is 129 Å². The van der Waals surface area contributed by atoms with Crippen molar-refractivity contribution >= 4 is 32.3 Å². The highest BCUT2D eigenvalue weighted by atomic mass is 14.6. The van der Waals surface area contributed by atoms with Gasteiger partial charge in [-0.15, -0.1) is 0 Å². The fourth-order valence-electron chi connectivity index (χ4n) is 7.72. The van der Waals surface area contributed by atoms with Crippen LogP contribution in [0.2, 0.25) is 0 Å². The third kappa shape index (κ3) is 3.90. The van der Waals surface area contributed by atoms with E-state index < -0.39 is 0 Å². The molecule has 1 aliphatic rings. The number of aromatic nitrogens is 1. The lowest BCUT2D eigenvalue weighted by molar-refractivity contribution is 0.660. The van der Waals surface area contributed by atoms with Gasteiger partial charge in [-0.2, -0.15) is 0 Å². The van der Waals surface area contributed by atoms with E-state index in [0.29, 0.717) is 0 Å². The molecule has 0 atom stereocenters. The Balaban J connectivity index is 1.37. The summed E-state index contributed by atoms with van der Waals surface area (Å²) in [5, 5.41) is 7.51. The van der Waals surface area contributed by atoms with Crippen molar-refractivity contribution in [3.8, 4) is 44.5 Å². The highest BCUT2D eigenvalue weighted by Crippen LogP contribution is 2.51. The first kappa shape index (κ1) is 25.9. The molecule has 0 fully saturated rings. The molecule has 1 aliphatic carbocycles. The lowest BCUT2D eigenvalue weighted by Gasteiger charge is -2.23. The first-order valence-electron chi connectivity index (χ1n) is 15.7. The quantitative estimate of drug-likeness (QED) is 0.192. The Bertz CT molecular complexity index is 2450. The lowest BCUT2D eigenvalue weighted by atomic mass is 9.80. The van der Waals surface area contributed by atoms with Crippen molar-refractivity contribution in [2.75, 3.05) is 0 Å². The van der Waals surface area contributed by atoms with Crippen LogP contribution < -0.4 is 0 Å². The minimum Gasteiger partial charge on any atom is -0.264 e. The summed E-state index contributed by atoms with van der Waals surface area (Å²) in [4.78, 5) is 4.52. The van der Waals surface area contributed by atoms with Crippen LogP contribution in [0.4, 0.5) is 0 Å². The molecule has 0 saturated heterocycles. The fraction of sp³-hybridized carbons (Fsp3) is 0.0682. The molecule has 0 saturated carbocycles. The van der Waals surface area contributed by atoms with Crippen molar-refractivity contribution in [1.29, 1.82) is 0 Å². The topological polar surface area (TPSA) is 12.9 Å². The maximum atomic E-state index is 4.52. The zero-order chi connectivity index (χ0) is 30.1. The molecule has 1 aromatic heterocycles. The van der Waals surface area contributed by atoms with Gasteiger partial charge in [0.2, 0.25) is 0 Å². The van der Waals surface area contributed by atoms with Gasteiger partial charge in [-0.25, -0.2) is 0 Å². The molecule has 9 rings (SSSR count). The highest BCUT2D eigenvalue weighted by Gasteiger charge is 2.35. The number of fused-ring (bicyclic) bond motifs is 6. The van der Waals surface area contributed by atoms with Crippen LogP contribution in [-0.2, 0) is 5.41 Å². The van der Waals surface area contributed by atoms with Gasteiger partial charge in [0.05, 0.1) is 0 Å². The predicted molar refractivity (Wildman–Crippen MR) is 191 cm³/mol. The van der Waals surface area contributed by atoms with E-state index in [1.54, 1.807) is 0 Å². The molecule has 0 N–H and O–H groups in total. The fourth-order valence-corrected chi connectivity index (χ4v) is 7.72. The van der Waals surface area contributed by atoms with E-state index in [1.807, 2.05) is 18.5 Å². The van der Waals surface area contributed by atoms with Gasteiger partial charge in [0.15, 0.2) is 0 Å². The van der Waals surface area contributed by atoms with Crippen LogP contribution in [0.15, 0.2) is 152 Å². The summed E-state index contributed by atoms with van der Waals surface area (Å²) in [6.07, 6.45) is 3.84. The average Bonchev–Trinajstić information content (AvgIpc) is 3.32. The highest BCUT2D eigenvalue weighted by molar-refractivity contribution is 6.22. The Hall–Kier alpha value is -5.53. The Morgan fingerprint density at radius 1 is 0.422 bits per heavy atom. The van der Waals surface area contributed by atoms with Gasteiger partial charge in [-0.3, -0.25) is 4.98 Å². The van der Waals surface area contributed by atoms with E-state index in [4.69, 9.17) is 0 Å². The second kappa shape index (κ2) is 9.74. The van der Waals surface area contributed by atoms with Crippen molar-refractivity contribution in [3.63, 3.8) is 0 Å². The van der Waals surface area contributed by atoms with Crippen molar-refractivity contribution in [1.82, 2.24) is 4.98 Å². The number of benzene rings is 7. The molecule has 0 amide bonds. The summed E-state index contributed by atoms with van der Waals surface area (Å²) >= 11 is 0. The largest absolute Gasteiger partial charge is 0.264 e. The van der Waals surface area contributed by atoms with E-state index >= 15 is 0 Å². The Morgan fingerprint density at radius 3 is 1.89 bits per heavy atom. The average molecular weight is 574 g/mol. The van der Waals surface area contributed by atoms with Crippen molar-refractivity contribution in [3.05, 3.63) is 163 Å². The summed E-state index contributed by atoms with van der Waals surface area (Å²) in [6.45, 7) is 4.72. The number of pyridine rings is 1. The predicted octanol–water partition coefficient (Wildman–Crippen LogP) is 11.8. The van der Waals surface area contributed by atoms with Crippen LogP contribution in [-0.4, -0.2) is 4.98 Å². The minimum absolute atomic E-state index is 0.0700. The van der Waals surface area contributed by atoms with Gasteiger partial charge in [0, 0.05) is 23.4 Å². The molecular formula is C44H31N. The first-order chi connectivity index (χ1) is 22.1. The standard InChI is InChI=1S/C44H31N/c1-44(2)40-16-8-7-13-34(40)35-21-20-32(26-41(35)44)42-36-14-5-6-15-37(36)43(33-12-9-23-45-27-33)38-22-19-31(25-39(38)42)30-18-17-28-10-3-4-11-29(28)24-30/h3-27H,1-2H3. The Kier molecular flexibility index (Phi) is 5.61. The second-order valence-electron chi connectivity index (χ2n) is 12.8. The smallest absolute Gasteiger partial charge is 0.0346 e. The van der Waals surface area contributed by atoms with Crippen LogP contribution in [0.25, 0.3) is 76.8 Å². The monoisotopic (exact) mass is 573 g/mol. The SMILES string of the molecule is CC1(C)c2ccccc2-c2ccc(-c3c4ccccc4c(-c4cccnc4)c4ccc(-c5ccc6ccccc6c5)cc34)cc21. The first-order valence-corrected chi connectivity index (χ1v) is 15.7. The number of rotatable bonds is 3. The molecule has 212 valence electrons. The number of hydrogen-bond acceptors (Lipinski definition) is 1. The van der Waals surface area contributed by atoms with Crippen LogP contribution in [0.1, 0.15) is 25.0 Å². The third-order valence-corrected chi connectivity index (χ3v) is 9.93. The van der Waals surface area contributed by atoms with Gasteiger partial charge < -0.3 is 0 Å². The molecule has 0 spiro atoms. The number of nitrogens with zero attached hydrogens (tertiary/aromatic N) is 1. The van der Waals surface area contributed by atoms with Crippen LogP contribution in [0, 0.1) is 0 Å². The zero-order valence-corrected chi connectivity index (χ0v) is 25.4. The van der Waals surface area contributed by atoms with E-state index in [2.05, 4.69) is 152 Å². The van der Waals surface area contributed by atoms with Gasteiger partial charge in [0.25, 0.3) is 0 Å². The summed E-state index contributed by atoms with van der Waals surface area (Å²) in [6, 6.07) is 51.5. The normalized spacial score (nSPS) is 13.3. The van der Waals surface area contributed by atoms with Crippen LogP contribution in [0.5, 0.6) is 0 Å². The summed E-state index contributed by atoms with van der Waals surface area (Å²) in [5.41, 5.74) is 12.8. The number of hydrogen-bond donors (Lipinski definition) is 0. The molecule has 1 heteroatoms. The summed E-state index contributed by atoms with van der Waals surface area (Å²) in [7, 11) is 0. The molecule has 1 nitrogen and oxygen atoms in total. The molecule has 8 aromatic rings. The Labute approximate surface area is 263 Å². The second-order valence-corrected chi connectivity index (χ2v) is 12.8. The van der Waals surface area contributed by atoms with Gasteiger partial charge in [-0.05, 0) is 107 Å². The Morgan fingerprint density at radius 2 is 1.07 bits per heavy atom. The van der Waals surface area contributed by atoms with Crippen molar-refractivity contribution < 1.29 is 0 Å². The summed E-state index contributed by atoms with van der Waals surface area (Å²) in [5.74, 6) is 0. The van der Waals surface area contributed by atoms with Crippen LogP contribution >= 0.6 is 0 Å². The molecule has 0 bridgehead atoms. The van der Waals surface area contributed by atoms with E-state index in [0.717, 1.165) is 5.56 Å². The molecule has 0 radical (unpaired) electrons. The molecule has 45 heavy (non-hydrogen) atoms. The van der Waals surface area contributed by atoms with E-state index in [-0.39, 0.29) is 5.41 Å². The van der Waals surface area contributed by atoms with Gasteiger partial charge >= 0.3 is 0 Å². The maximum Gasteiger partial charge on any atom is 0.0346 e. The minimum atomic E-state index is -0.0700. The van der Waals surface area contributed by atoms with Crippen LogP contribution in [0.3, 0.4) is 0 Å². The lowest BCUT2D eigenvalue weighted by Crippen LogP contribution is -2.14. The molecule has 1 heterocycles. The van der Waals surface area contributed by atoms with Crippen molar-refractivity contribution in [2.45, 2.75) is 19.3 Å². The molecule has 0 unspecified atom stereocenters. The maximum absolute atomic E-state index is 4.52. The van der Waals surface area contributed by atoms with Gasteiger partial charge in [0.1, 0.15) is 0 Å². The third-order valence-electron chi connectivity index (χ3n) is 9.93. The van der Waals surface area contributed by atoms with E-state index in [1.165, 1.54) is 82.4 Å².